The summed E-state index contributed by atoms with van der Waals surface area (Å²) in [6, 6.07) is -0.505. The molecule has 2 amide bonds. The van der Waals surface area contributed by atoms with Crippen molar-refractivity contribution in [2.24, 2.45) is 0 Å². The van der Waals surface area contributed by atoms with E-state index in [1.807, 2.05) is 13.8 Å². The molecule has 0 radical (unpaired) electrons. The first-order valence-corrected chi connectivity index (χ1v) is 6.29. The number of carbonyl (C=O) groups excluding carboxylic acids is 2. The van der Waals surface area contributed by atoms with Gasteiger partial charge in [-0.05, 0) is 33.6 Å². The number of ether oxygens (including phenoxy) is 2. The van der Waals surface area contributed by atoms with E-state index in [0.29, 0.717) is 6.61 Å². The van der Waals surface area contributed by atoms with Crippen LogP contribution in [0.5, 0.6) is 0 Å². The molecule has 2 aliphatic rings. The van der Waals surface area contributed by atoms with Crippen LogP contribution in [-0.4, -0.2) is 42.4 Å². The quantitative estimate of drug-likeness (QED) is 0.756. The average molecular weight is 256 g/mol. The second-order valence-corrected chi connectivity index (χ2v) is 5.54. The summed E-state index contributed by atoms with van der Waals surface area (Å²) >= 11 is 0. The molecule has 2 N–H and O–H groups in total. The summed E-state index contributed by atoms with van der Waals surface area (Å²) in [7, 11) is 0. The Labute approximate surface area is 106 Å². The number of nitrogens with one attached hydrogen (secondary N) is 2. The SMILES string of the molecule is C[C@@H]1OC(=O)N[C@@H]1C(=O)N[C@H]1CCOC(C)(C)C1. The number of hydrogen-bond donors (Lipinski definition) is 2. The van der Waals surface area contributed by atoms with E-state index in [0.717, 1.165) is 12.8 Å². The zero-order chi connectivity index (χ0) is 13.3. The summed E-state index contributed by atoms with van der Waals surface area (Å²) in [4.78, 5) is 23.1. The molecule has 3 atom stereocenters. The van der Waals surface area contributed by atoms with E-state index in [4.69, 9.17) is 9.47 Å². The summed E-state index contributed by atoms with van der Waals surface area (Å²) in [5.74, 6) is -0.184. The second kappa shape index (κ2) is 4.76. The highest BCUT2D eigenvalue weighted by molar-refractivity contribution is 5.88. The van der Waals surface area contributed by atoms with Gasteiger partial charge in [0.1, 0.15) is 12.1 Å². The number of hydrogen-bond acceptors (Lipinski definition) is 4. The molecule has 0 aromatic carbocycles. The number of rotatable bonds is 2. The smallest absolute Gasteiger partial charge is 0.408 e. The van der Waals surface area contributed by atoms with E-state index in [2.05, 4.69) is 10.6 Å². The molecule has 0 aromatic heterocycles. The van der Waals surface area contributed by atoms with Gasteiger partial charge < -0.3 is 20.1 Å². The first-order valence-electron chi connectivity index (χ1n) is 6.29. The lowest BCUT2D eigenvalue weighted by Gasteiger charge is -2.36. The van der Waals surface area contributed by atoms with Crippen LogP contribution in [0.2, 0.25) is 0 Å². The Bertz CT molecular complexity index is 356. The largest absolute Gasteiger partial charge is 0.444 e. The molecule has 6 nitrogen and oxygen atoms in total. The van der Waals surface area contributed by atoms with E-state index >= 15 is 0 Å². The van der Waals surface area contributed by atoms with Gasteiger partial charge in [0.2, 0.25) is 5.91 Å². The van der Waals surface area contributed by atoms with Gasteiger partial charge in [-0.2, -0.15) is 0 Å². The molecule has 0 bridgehead atoms. The molecule has 2 heterocycles. The standard InChI is InChI=1S/C12H20N2O4/c1-7-9(14-11(16)18-7)10(15)13-8-4-5-17-12(2,3)6-8/h7-9H,4-6H2,1-3H3,(H,13,15)(H,14,16)/t7-,8-,9-/m0/s1. The van der Waals surface area contributed by atoms with Crippen LogP contribution in [-0.2, 0) is 14.3 Å². The fraction of sp³-hybridized carbons (Fsp3) is 0.833. The number of alkyl carbamates (subject to hydrolysis) is 1. The maximum Gasteiger partial charge on any atom is 0.408 e. The first kappa shape index (κ1) is 13.1. The topological polar surface area (TPSA) is 76.7 Å². The predicted octanol–water partition coefficient (Wildman–Crippen LogP) is 0.557. The summed E-state index contributed by atoms with van der Waals surface area (Å²) < 4.78 is 10.5. The normalized spacial score (nSPS) is 34.6. The minimum Gasteiger partial charge on any atom is -0.444 e. The summed E-state index contributed by atoms with van der Waals surface area (Å²) in [6.07, 6.45) is 0.611. The van der Waals surface area contributed by atoms with Crippen molar-refractivity contribution < 1.29 is 19.1 Å². The van der Waals surface area contributed by atoms with Crippen LogP contribution >= 0.6 is 0 Å². The van der Waals surface area contributed by atoms with Gasteiger partial charge in [0.05, 0.1) is 5.60 Å². The third-order valence-electron chi connectivity index (χ3n) is 3.36. The van der Waals surface area contributed by atoms with Gasteiger partial charge in [-0.3, -0.25) is 4.79 Å². The van der Waals surface area contributed by atoms with Crippen molar-refractivity contribution in [3.63, 3.8) is 0 Å². The van der Waals surface area contributed by atoms with Crippen molar-refractivity contribution in [3.8, 4) is 0 Å². The Balaban J connectivity index is 1.89. The highest BCUT2D eigenvalue weighted by Gasteiger charge is 2.38. The molecule has 6 heteroatoms. The summed E-state index contributed by atoms with van der Waals surface area (Å²) in [5, 5.41) is 5.46. The van der Waals surface area contributed by atoms with Crippen LogP contribution in [0, 0.1) is 0 Å². The molecule has 18 heavy (non-hydrogen) atoms. The molecule has 0 saturated carbocycles. The van der Waals surface area contributed by atoms with Crippen LogP contribution in [0.25, 0.3) is 0 Å². The van der Waals surface area contributed by atoms with Gasteiger partial charge in [0, 0.05) is 12.6 Å². The van der Waals surface area contributed by atoms with E-state index in [9.17, 15) is 9.59 Å². The van der Waals surface area contributed by atoms with Crippen molar-refractivity contribution in [1.82, 2.24) is 10.6 Å². The van der Waals surface area contributed by atoms with Gasteiger partial charge in [-0.1, -0.05) is 0 Å². The maximum atomic E-state index is 12.0. The van der Waals surface area contributed by atoms with Gasteiger partial charge in [0.25, 0.3) is 0 Å². The van der Waals surface area contributed by atoms with Crippen LogP contribution in [0.3, 0.4) is 0 Å². The Morgan fingerprint density at radius 1 is 1.50 bits per heavy atom. The molecule has 2 saturated heterocycles. The highest BCUT2D eigenvalue weighted by Crippen LogP contribution is 2.24. The molecule has 2 rings (SSSR count). The Morgan fingerprint density at radius 3 is 2.78 bits per heavy atom. The number of amides is 2. The maximum absolute atomic E-state index is 12.0. The molecule has 2 aliphatic heterocycles. The predicted molar refractivity (Wildman–Crippen MR) is 64.1 cm³/mol. The lowest BCUT2D eigenvalue weighted by Crippen LogP contribution is -2.52. The van der Waals surface area contributed by atoms with Crippen molar-refractivity contribution in [2.45, 2.75) is 57.4 Å². The van der Waals surface area contributed by atoms with Gasteiger partial charge in [-0.15, -0.1) is 0 Å². The van der Waals surface area contributed by atoms with Crippen LogP contribution in [0.1, 0.15) is 33.6 Å². The monoisotopic (exact) mass is 256 g/mol. The van der Waals surface area contributed by atoms with E-state index in [1.54, 1.807) is 6.92 Å². The van der Waals surface area contributed by atoms with Crippen molar-refractivity contribution >= 4 is 12.0 Å². The highest BCUT2D eigenvalue weighted by atomic mass is 16.6. The number of carbonyl (C=O) groups is 2. The van der Waals surface area contributed by atoms with Crippen LogP contribution < -0.4 is 10.6 Å². The van der Waals surface area contributed by atoms with Crippen LogP contribution in [0.15, 0.2) is 0 Å². The molecule has 0 spiro atoms. The van der Waals surface area contributed by atoms with E-state index < -0.39 is 18.2 Å². The summed E-state index contributed by atoms with van der Waals surface area (Å²) in [5.41, 5.74) is -0.211. The minimum absolute atomic E-state index is 0.0888. The Hall–Kier alpha value is -1.30. The van der Waals surface area contributed by atoms with Gasteiger partial charge in [-0.25, -0.2) is 4.79 Å². The van der Waals surface area contributed by atoms with Crippen molar-refractivity contribution in [1.29, 1.82) is 0 Å². The molecular weight excluding hydrogens is 236 g/mol. The molecule has 0 aromatic rings. The van der Waals surface area contributed by atoms with E-state index in [-0.39, 0.29) is 17.6 Å². The zero-order valence-corrected chi connectivity index (χ0v) is 11.0. The molecule has 0 unspecified atom stereocenters. The van der Waals surface area contributed by atoms with Gasteiger partial charge in [0.15, 0.2) is 0 Å². The second-order valence-electron chi connectivity index (χ2n) is 5.54. The fourth-order valence-corrected chi connectivity index (χ4v) is 2.44. The molecule has 102 valence electrons. The molecular formula is C12H20N2O4. The minimum atomic E-state index is -0.594. The number of cyclic esters (lactones) is 1. The Morgan fingerprint density at radius 2 is 2.22 bits per heavy atom. The summed E-state index contributed by atoms with van der Waals surface area (Å²) in [6.45, 7) is 6.36. The Kier molecular flexibility index (Phi) is 3.47. The lowest BCUT2D eigenvalue weighted by atomic mass is 9.93. The lowest BCUT2D eigenvalue weighted by molar-refractivity contribution is -0.126. The van der Waals surface area contributed by atoms with Crippen molar-refractivity contribution in [3.05, 3.63) is 0 Å². The first-order chi connectivity index (χ1) is 8.37. The third kappa shape index (κ3) is 2.93. The van der Waals surface area contributed by atoms with Gasteiger partial charge >= 0.3 is 6.09 Å². The average Bonchev–Trinajstić information content (AvgIpc) is 2.56. The molecule has 0 aliphatic carbocycles. The molecule has 2 fully saturated rings. The third-order valence-corrected chi connectivity index (χ3v) is 3.36. The van der Waals surface area contributed by atoms with Crippen LogP contribution in [0.4, 0.5) is 4.79 Å². The van der Waals surface area contributed by atoms with E-state index in [1.165, 1.54) is 0 Å². The zero-order valence-electron chi connectivity index (χ0n) is 11.0. The fourth-order valence-electron chi connectivity index (χ4n) is 2.44. The van der Waals surface area contributed by atoms with Crippen molar-refractivity contribution in [2.75, 3.05) is 6.61 Å².